The van der Waals surface area contributed by atoms with E-state index in [0.29, 0.717) is 0 Å². The molecule has 0 spiro atoms. The Morgan fingerprint density at radius 3 is 1.25 bits per heavy atom. The summed E-state index contributed by atoms with van der Waals surface area (Å²) in [5, 5.41) is 10.3. The van der Waals surface area contributed by atoms with Gasteiger partial charge in [-0.3, -0.25) is 0 Å². The molecule has 2 unspecified atom stereocenters. The lowest BCUT2D eigenvalue weighted by Gasteiger charge is -2.34. The van der Waals surface area contributed by atoms with Crippen LogP contribution in [-0.2, 0) is 4.79 Å². The standard InChI is InChI=1S/C24H32N2O2/c1-13-9-15(3)21(16(4)10-13)25-19(7)20(8)26(23(25)24(27)28)22-17(5)11-14(2)12-18(22)6/h9-12,19-20,23H,1-8H3,(H,27,28). The van der Waals surface area contributed by atoms with Gasteiger partial charge in [-0.15, -0.1) is 0 Å². The smallest absolute Gasteiger partial charge is 0.347 e. The first-order valence-corrected chi connectivity index (χ1v) is 9.99. The molecule has 0 bridgehead atoms. The molecule has 4 heteroatoms. The number of aliphatic carboxylic acids is 1. The fourth-order valence-corrected chi connectivity index (χ4v) is 5.09. The van der Waals surface area contributed by atoms with E-state index in [1.807, 2.05) is 0 Å². The number of carboxylic acid groups (broad SMARTS) is 1. The van der Waals surface area contributed by atoms with Gasteiger partial charge in [0.25, 0.3) is 0 Å². The summed E-state index contributed by atoms with van der Waals surface area (Å²) in [4.78, 5) is 16.8. The first-order chi connectivity index (χ1) is 13.0. The summed E-state index contributed by atoms with van der Waals surface area (Å²) in [6.07, 6.45) is -0.731. The average Bonchev–Trinajstić information content (AvgIpc) is 2.79. The van der Waals surface area contributed by atoms with Crippen LogP contribution in [0.3, 0.4) is 0 Å². The van der Waals surface area contributed by atoms with Crippen LogP contribution in [0.15, 0.2) is 24.3 Å². The maximum absolute atomic E-state index is 12.6. The van der Waals surface area contributed by atoms with Gasteiger partial charge in [-0.05, 0) is 77.6 Å². The second kappa shape index (κ2) is 7.16. The van der Waals surface area contributed by atoms with E-state index in [-0.39, 0.29) is 12.1 Å². The van der Waals surface area contributed by atoms with E-state index in [2.05, 4.69) is 89.5 Å². The van der Waals surface area contributed by atoms with Crippen molar-refractivity contribution in [2.45, 2.75) is 73.6 Å². The minimum absolute atomic E-state index is 0.0707. The van der Waals surface area contributed by atoms with Crippen LogP contribution in [0.5, 0.6) is 0 Å². The van der Waals surface area contributed by atoms with Crippen LogP contribution in [0, 0.1) is 41.5 Å². The summed E-state index contributed by atoms with van der Waals surface area (Å²) in [5.41, 5.74) is 9.00. The lowest BCUT2D eigenvalue weighted by atomic mass is 10.0. The Kier molecular flexibility index (Phi) is 5.18. The van der Waals surface area contributed by atoms with Crippen LogP contribution < -0.4 is 9.80 Å². The molecular weight excluding hydrogens is 348 g/mol. The Labute approximate surface area is 168 Å². The van der Waals surface area contributed by atoms with Crippen molar-refractivity contribution in [3.05, 3.63) is 57.6 Å². The maximum Gasteiger partial charge on any atom is 0.347 e. The molecule has 3 rings (SSSR count). The Hall–Kier alpha value is -2.49. The molecular formula is C24H32N2O2. The summed E-state index contributed by atoms with van der Waals surface area (Å²) < 4.78 is 0. The number of carbonyl (C=O) groups is 1. The third-order valence-corrected chi connectivity index (χ3v) is 6.11. The monoisotopic (exact) mass is 380 g/mol. The number of benzene rings is 2. The maximum atomic E-state index is 12.6. The van der Waals surface area contributed by atoms with E-state index >= 15 is 0 Å². The molecule has 2 atom stereocenters. The SMILES string of the molecule is Cc1cc(C)c(N2C(C)C(C)N(c3c(C)cc(C)cc3C)C2C(=O)O)c(C)c1. The highest BCUT2D eigenvalue weighted by atomic mass is 16.4. The predicted octanol–water partition coefficient (Wildman–Crippen LogP) is 5.05. The summed E-state index contributed by atoms with van der Waals surface area (Å²) in [6.45, 7) is 16.8. The van der Waals surface area contributed by atoms with Crippen molar-refractivity contribution in [2.24, 2.45) is 0 Å². The van der Waals surface area contributed by atoms with Gasteiger partial charge in [0.15, 0.2) is 0 Å². The van der Waals surface area contributed by atoms with Gasteiger partial charge in [0.1, 0.15) is 0 Å². The van der Waals surface area contributed by atoms with E-state index in [4.69, 9.17) is 0 Å². The molecule has 1 N–H and O–H groups in total. The van der Waals surface area contributed by atoms with Crippen LogP contribution in [-0.4, -0.2) is 29.3 Å². The van der Waals surface area contributed by atoms with Gasteiger partial charge in [0, 0.05) is 23.5 Å². The second-order valence-electron chi connectivity index (χ2n) is 8.50. The van der Waals surface area contributed by atoms with E-state index in [9.17, 15) is 9.90 Å². The Morgan fingerprint density at radius 2 is 1.00 bits per heavy atom. The number of carboxylic acids is 1. The number of hydrogen-bond acceptors (Lipinski definition) is 3. The van der Waals surface area contributed by atoms with Crippen molar-refractivity contribution in [3.63, 3.8) is 0 Å². The third-order valence-electron chi connectivity index (χ3n) is 6.11. The molecule has 1 saturated heterocycles. The van der Waals surface area contributed by atoms with Gasteiger partial charge in [-0.2, -0.15) is 0 Å². The molecule has 1 fully saturated rings. The van der Waals surface area contributed by atoms with Crippen molar-refractivity contribution in [3.8, 4) is 0 Å². The first-order valence-electron chi connectivity index (χ1n) is 9.99. The highest BCUT2D eigenvalue weighted by Gasteiger charge is 2.48. The zero-order chi connectivity index (χ0) is 20.9. The zero-order valence-electron chi connectivity index (χ0n) is 18.3. The minimum atomic E-state index is -0.810. The summed E-state index contributed by atoms with van der Waals surface area (Å²) in [6, 6.07) is 8.71. The fourth-order valence-electron chi connectivity index (χ4n) is 5.09. The van der Waals surface area contributed by atoms with E-state index in [1.54, 1.807) is 0 Å². The molecule has 2 aromatic carbocycles. The third kappa shape index (κ3) is 3.15. The molecule has 0 aliphatic carbocycles. The van der Waals surface area contributed by atoms with Gasteiger partial charge in [0.05, 0.1) is 0 Å². The van der Waals surface area contributed by atoms with Crippen molar-refractivity contribution in [2.75, 3.05) is 9.80 Å². The van der Waals surface area contributed by atoms with Crippen LogP contribution in [0.1, 0.15) is 47.2 Å². The molecule has 1 aliphatic rings. The summed E-state index contributed by atoms with van der Waals surface area (Å²) in [7, 11) is 0. The number of hydrogen-bond donors (Lipinski definition) is 1. The fraction of sp³-hybridized carbons (Fsp3) is 0.458. The number of nitrogens with zero attached hydrogens (tertiary/aromatic N) is 2. The van der Waals surface area contributed by atoms with Crippen molar-refractivity contribution in [1.29, 1.82) is 0 Å². The first kappa shape index (κ1) is 20.2. The quantitative estimate of drug-likeness (QED) is 0.809. The second-order valence-corrected chi connectivity index (χ2v) is 8.50. The van der Waals surface area contributed by atoms with Gasteiger partial charge in [0.2, 0.25) is 6.17 Å². The lowest BCUT2D eigenvalue weighted by molar-refractivity contribution is -0.138. The molecule has 2 aromatic rings. The van der Waals surface area contributed by atoms with E-state index < -0.39 is 12.1 Å². The Morgan fingerprint density at radius 1 is 0.714 bits per heavy atom. The Bertz CT molecular complexity index is 819. The number of anilines is 2. The molecule has 4 nitrogen and oxygen atoms in total. The average molecular weight is 381 g/mol. The summed E-state index contributed by atoms with van der Waals surface area (Å²) >= 11 is 0. The zero-order valence-corrected chi connectivity index (χ0v) is 18.3. The van der Waals surface area contributed by atoms with Crippen LogP contribution in [0.4, 0.5) is 11.4 Å². The van der Waals surface area contributed by atoms with E-state index in [1.165, 1.54) is 11.1 Å². The molecule has 0 radical (unpaired) electrons. The minimum Gasteiger partial charge on any atom is -0.478 e. The molecule has 1 heterocycles. The van der Waals surface area contributed by atoms with Gasteiger partial charge in [-0.1, -0.05) is 35.4 Å². The molecule has 150 valence electrons. The van der Waals surface area contributed by atoms with Gasteiger partial charge in [-0.25, -0.2) is 4.79 Å². The molecule has 0 saturated carbocycles. The van der Waals surface area contributed by atoms with E-state index in [0.717, 1.165) is 33.6 Å². The van der Waals surface area contributed by atoms with Crippen LogP contribution >= 0.6 is 0 Å². The normalized spacial score (nSPS) is 22.1. The number of rotatable bonds is 3. The van der Waals surface area contributed by atoms with Gasteiger partial charge >= 0.3 is 5.97 Å². The molecule has 1 aliphatic heterocycles. The molecule has 28 heavy (non-hydrogen) atoms. The Balaban J connectivity index is 2.22. The topological polar surface area (TPSA) is 43.8 Å². The van der Waals surface area contributed by atoms with Crippen LogP contribution in [0.2, 0.25) is 0 Å². The molecule has 0 amide bonds. The van der Waals surface area contributed by atoms with Crippen molar-refractivity contribution >= 4 is 17.3 Å². The highest BCUT2D eigenvalue weighted by molar-refractivity contribution is 5.86. The summed E-state index contributed by atoms with van der Waals surface area (Å²) in [5.74, 6) is -0.810. The van der Waals surface area contributed by atoms with Crippen molar-refractivity contribution < 1.29 is 9.90 Å². The van der Waals surface area contributed by atoms with Crippen molar-refractivity contribution in [1.82, 2.24) is 0 Å². The van der Waals surface area contributed by atoms with Crippen LogP contribution in [0.25, 0.3) is 0 Å². The lowest BCUT2D eigenvalue weighted by Crippen LogP contribution is -2.48. The predicted molar refractivity (Wildman–Crippen MR) is 117 cm³/mol. The number of aryl methyl sites for hydroxylation is 6. The highest BCUT2D eigenvalue weighted by Crippen LogP contribution is 2.41. The van der Waals surface area contributed by atoms with Gasteiger partial charge < -0.3 is 14.9 Å². The largest absolute Gasteiger partial charge is 0.478 e. The molecule has 0 aromatic heterocycles.